The van der Waals surface area contributed by atoms with Gasteiger partial charge in [-0.15, -0.1) is 0 Å². The lowest BCUT2D eigenvalue weighted by atomic mass is 9.99. The maximum absolute atomic E-state index is 11.0. The molecule has 0 amide bonds. The van der Waals surface area contributed by atoms with Crippen molar-refractivity contribution in [3.63, 3.8) is 0 Å². The Kier molecular flexibility index (Phi) is 5.72. The zero-order valence-electron chi connectivity index (χ0n) is 17.2. The Morgan fingerprint density at radius 3 is 2.57 bits per heavy atom. The second-order valence-electron chi connectivity index (χ2n) is 7.38. The number of non-ortho nitro benzene ring substituents is 1. The van der Waals surface area contributed by atoms with Crippen LogP contribution in [0.2, 0.25) is 0 Å². The Balaban J connectivity index is 1.76. The third-order valence-corrected chi connectivity index (χ3v) is 5.62. The molecule has 1 aliphatic rings. The minimum absolute atomic E-state index is 0.0252. The molecule has 7 heteroatoms. The first kappa shape index (κ1) is 20.0. The number of fused-ring (bicyclic) bond motifs is 1. The maximum Gasteiger partial charge on any atom is 0.269 e. The van der Waals surface area contributed by atoms with E-state index in [0.29, 0.717) is 6.54 Å². The summed E-state index contributed by atoms with van der Waals surface area (Å²) in [6.45, 7) is 2.51. The Labute approximate surface area is 175 Å². The highest BCUT2D eigenvalue weighted by molar-refractivity contribution is 5.46. The highest BCUT2D eigenvalue weighted by atomic mass is 16.6. The third kappa shape index (κ3) is 3.89. The fourth-order valence-electron chi connectivity index (χ4n) is 4.18. The zero-order chi connectivity index (χ0) is 21.1. The second kappa shape index (κ2) is 8.59. The summed E-state index contributed by atoms with van der Waals surface area (Å²) in [5.74, 6) is 1.59. The molecule has 1 aliphatic heterocycles. The normalized spacial score (nSPS) is 16.5. The number of aromatic nitrogens is 1. The average Bonchev–Trinajstić information content (AvgIpc) is 3.15. The van der Waals surface area contributed by atoms with Crippen LogP contribution in [-0.2, 0) is 13.1 Å². The van der Waals surface area contributed by atoms with E-state index >= 15 is 0 Å². The van der Waals surface area contributed by atoms with Crippen molar-refractivity contribution < 1.29 is 14.4 Å². The summed E-state index contributed by atoms with van der Waals surface area (Å²) in [7, 11) is 3.34. The third-order valence-electron chi connectivity index (χ3n) is 5.62. The van der Waals surface area contributed by atoms with Crippen LogP contribution < -0.4 is 9.47 Å². The second-order valence-corrected chi connectivity index (χ2v) is 7.38. The average molecular weight is 407 g/mol. The molecule has 0 bridgehead atoms. The van der Waals surface area contributed by atoms with Gasteiger partial charge in [0, 0.05) is 49.2 Å². The molecule has 0 aliphatic carbocycles. The summed E-state index contributed by atoms with van der Waals surface area (Å²) in [5, 5.41) is 11.0. The molecule has 1 atom stereocenters. The summed E-state index contributed by atoms with van der Waals surface area (Å²) in [5.41, 5.74) is 3.38. The highest BCUT2D eigenvalue weighted by Crippen LogP contribution is 2.39. The number of aryl methyl sites for hydroxylation is 1. The van der Waals surface area contributed by atoms with Crippen molar-refractivity contribution in [3.8, 4) is 11.5 Å². The topological polar surface area (TPSA) is 69.8 Å². The highest BCUT2D eigenvalue weighted by Gasteiger charge is 2.30. The predicted molar refractivity (Wildman–Crippen MR) is 114 cm³/mol. The molecule has 0 saturated carbocycles. The molecule has 0 saturated heterocycles. The number of hydrogen-bond donors (Lipinski definition) is 0. The zero-order valence-corrected chi connectivity index (χ0v) is 17.2. The molecule has 2 heterocycles. The number of benzene rings is 2. The number of nitrogens with zero attached hydrogens (tertiary/aromatic N) is 3. The molecule has 7 nitrogen and oxygen atoms in total. The molecule has 0 radical (unpaired) electrons. The van der Waals surface area contributed by atoms with E-state index in [2.05, 4.69) is 27.8 Å². The van der Waals surface area contributed by atoms with E-state index in [0.717, 1.165) is 42.1 Å². The number of nitro benzene ring substituents is 1. The molecule has 4 rings (SSSR count). The van der Waals surface area contributed by atoms with Crippen molar-refractivity contribution in [2.75, 3.05) is 20.8 Å². The first-order chi connectivity index (χ1) is 14.6. The summed E-state index contributed by atoms with van der Waals surface area (Å²) in [6.07, 6.45) is 3.13. The van der Waals surface area contributed by atoms with Crippen molar-refractivity contribution >= 4 is 5.69 Å². The van der Waals surface area contributed by atoms with Gasteiger partial charge in [0.05, 0.1) is 25.2 Å². The fraction of sp³-hybridized carbons (Fsp3) is 0.304. The summed E-state index contributed by atoms with van der Waals surface area (Å²) < 4.78 is 13.5. The van der Waals surface area contributed by atoms with E-state index in [1.54, 1.807) is 26.4 Å². The van der Waals surface area contributed by atoms with Gasteiger partial charge in [-0.3, -0.25) is 15.0 Å². The summed E-state index contributed by atoms with van der Waals surface area (Å²) in [4.78, 5) is 13.0. The minimum Gasteiger partial charge on any atom is -0.497 e. The first-order valence-electron chi connectivity index (χ1n) is 9.95. The molecule has 3 aromatic rings. The van der Waals surface area contributed by atoms with Crippen LogP contribution in [0.3, 0.4) is 0 Å². The quantitative estimate of drug-likeness (QED) is 0.447. The van der Waals surface area contributed by atoms with Crippen LogP contribution >= 0.6 is 0 Å². The standard InChI is InChI=1S/C23H25N3O4/c1-29-19-10-11-22(30-2)20(15-19)23-21-5-3-12-24(21)13-4-14-25(23)16-17-6-8-18(9-7-17)26(27)28/h3,5-12,15,23H,4,13-14,16H2,1-2H3/t23-/m1/s1. The van der Waals surface area contributed by atoms with Gasteiger partial charge in [0.1, 0.15) is 11.5 Å². The van der Waals surface area contributed by atoms with Crippen molar-refractivity contribution in [2.45, 2.75) is 25.6 Å². The number of hydrogen-bond acceptors (Lipinski definition) is 5. The van der Waals surface area contributed by atoms with Crippen LogP contribution in [0.4, 0.5) is 5.69 Å². The van der Waals surface area contributed by atoms with Crippen LogP contribution in [0.25, 0.3) is 0 Å². The molecule has 1 aromatic heterocycles. The van der Waals surface area contributed by atoms with E-state index in [1.165, 1.54) is 5.69 Å². The van der Waals surface area contributed by atoms with Crippen LogP contribution in [0.15, 0.2) is 60.8 Å². The van der Waals surface area contributed by atoms with Gasteiger partial charge in [-0.2, -0.15) is 0 Å². The van der Waals surface area contributed by atoms with Crippen LogP contribution in [0.1, 0.15) is 29.3 Å². The lowest BCUT2D eigenvalue weighted by Crippen LogP contribution is -2.29. The van der Waals surface area contributed by atoms with E-state index < -0.39 is 0 Å². The molecule has 156 valence electrons. The van der Waals surface area contributed by atoms with Crippen LogP contribution in [0, 0.1) is 10.1 Å². The first-order valence-corrected chi connectivity index (χ1v) is 9.95. The number of ether oxygens (including phenoxy) is 2. The molecule has 0 spiro atoms. The maximum atomic E-state index is 11.0. The van der Waals surface area contributed by atoms with Crippen molar-refractivity contribution in [3.05, 3.63) is 87.7 Å². The molecule has 2 aromatic carbocycles. The Bertz CT molecular complexity index is 1030. The van der Waals surface area contributed by atoms with Gasteiger partial charge < -0.3 is 14.0 Å². The smallest absolute Gasteiger partial charge is 0.269 e. The van der Waals surface area contributed by atoms with Gasteiger partial charge in [-0.1, -0.05) is 12.1 Å². The van der Waals surface area contributed by atoms with E-state index in [9.17, 15) is 10.1 Å². The van der Waals surface area contributed by atoms with Gasteiger partial charge in [-0.05, 0) is 42.3 Å². The largest absolute Gasteiger partial charge is 0.497 e. The lowest BCUT2D eigenvalue weighted by molar-refractivity contribution is -0.384. The SMILES string of the molecule is COc1ccc(OC)c([C@@H]2c3cccn3CCCN2Cc2ccc([N+](=O)[O-])cc2)c1. The summed E-state index contributed by atoms with van der Waals surface area (Å²) >= 11 is 0. The molecule has 0 N–H and O–H groups in total. The molecule has 30 heavy (non-hydrogen) atoms. The molecule has 0 fully saturated rings. The predicted octanol–water partition coefficient (Wildman–Crippen LogP) is 4.41. The Morgan fingerprint density at radius 1 is 1.07 bits per heavy atom. The van der Waals surface area contributed by atoms with Gasteiger partial charge in [0.2, 0.25) is 0 Å². The molecular formula is C23H25N3O4. The van der Waals surface area contributed by atoms with Crippen molar-refractivity contribution in [1.29, 1.82) is 0 Å². The van der Waals surface area contributed by atoms with Gasteiger partial charge in [0.25, 0.3) is 5.69 Å². The number of rotatable bonds is 6. The monoisotopic (exact) mass is 407 g/mol. The van der Waals surface area contributed by atoms with Crippen molar-refractivity contribution in [2.24, 2.45) is 0 Å². The van der Waals surface area contributed by atoms with Crippen molar-refractivity contribution in [1.82, 2.24) is 9.47 Å². The van der Waals surface area contributed by atoms with Gasteiger partial charge >= 0.3 is 0 Å². The minimum atomic E-state index is -0.369. The van der Waals surface area contributed by atoms with Gasteiger partial charge in [0.15, 0.2) is 0 Å². The van der Waals surface area contributed by atoms with Crippen LogP contribution in [-0.4, -0.2) is 35.2 Å². The van der Waals surface area contributed by atoms with E-state index in [4.69, 9.17) is 9.47 Å². The molecular weight excluding hydrogens is 382 g/mol. The van der Waals surface area contributed by atoms with Crippen LogP contribution in [0.5, 0.6) is 11.5 Å². The van der Waals surface area contributed by atoms with Gasteiger partial charge in [-0.25, -0.2) is 0 Å². The summed E-state index contributed by atoms with van der Waals surface area (Å²) in [6, 6.07) is 16.9. The fourth-order valence-corrected chi connectivity index (χ4v) is 4.18. The Morgan fingerprint density at radius 2 is 1.87 bits per heavy atom. The lowest BCUT2D eigenvalue weighted by Gasteiger charge is -2.31. The van der Waals surface area contributed by atoms with E-state index in [-0.39, 0.29) is 16.7 Å². The number of methoxy groups -OCH3 is 2. The van der Waals surface area contributed by atoms with E-state index in [1.807, 2.05) is 30.3 Å². The number of nitro groups is 1. The molecule has 0 unspecified atom stereocenters. The Hall–Kier alpha value is -3.32.